The Hall–Kier alpha value is -0.160. The van der Waals surface area contributed by atoms with Crippen molar-refractivity contribution in [3.05, 3.63) is 27.6 Å². The van der Waals surface area contributed by atoms with Crippen LogP contribution in [0, 0.1) is 3.57 Å². The van der Waals surface area contributed by atoms with Crippen LogP contribution in [0.2, 0.25) is 0 Å². The molecule has 1 aromatic rings. The zero-order valence-corrected chi connectivity index (χ0v) is 7.87. The summed E-state index contributed by atoms with van der Waals surface area (Å²) >= 11 is 2.22. The number of hydrogen-bond donors (Lipinski definition) is 1. The maximum Gasteiger partial charge on any atom is 0.0568 e. The Morgan fingerprint density at radius 2 is 2.30 bits per heavy atom. The van der Waals surface area contributed by atoms with Crippen molar-refractivity contribution >= 4 is 22.6 Å². The number of hydrogen-bond acceptors (Lipinski definition) is 2. The molecule has 0 aromatic carbocycles. The van der Waals surface area contributed by atoms with Gasteiger partial charge in [0, 0.05) is 15.8 Å². The molecular formula is C7H9IN2. The van der Waals surface area contributed by atoms with Crippen LogP contribution in [0.15, 0.2) is 18.3 Å². The fourth-order valence-corrected chi connectivity index (χ4v) is 0.976. The van der Waals surface area contributed by atoms with Crippen molar-refractivity contribution in [2.75, 3.05) is 0 Å². The van der Waals surface area contributed by atoms with Gasteiger partial charge in [-0.1, -0.05) is 0 Å². The molecule has 0 saturated carbocycles. The fraction of sp³-hybridized carbons (Fsp3) is 0.286. The molecule has 2 nitrogen and oxygen atoms in total. The first-order valence-electron chi connectivity index (χ1n) is 3.07. The summed E-state index contributed by atoms with van der Waals surface area (Å²) in [6.07, 6.45) is 1.82. The molecule has 0 radical (unpaired) electrons. The van der Waals surface area contributed by atoms with Crippen LogP contribution in [0.5, 0.6) is 0 Å². The molecule has 1 rings (SSSR count). The van der Waals surface area contributed by atoms with Crippen molar-refractivity contribution in [2.45, 2.75) is 13.0 Å². The molecule has 0 fully saturated rings. The van der Waals surface area contributed by atoms with Crippen molar-refractivity contribution < 1.29 is 0 Å². The van der Waals surface area contributed by atoms with E-state index in [1.54, 1.807) is 0 Å². The van der Waals surface area contributed by atoms with Gasteiger partial charge in [-0.25, -0.2) is 0 Å². The minimum Gasteiger partial charge on any atom is -0.323 e. The highest BCUT2D eigenvalue weighted by atomic mass is 127. The highest BCUT2D eigenvalue weighted by molar-refractivity contribution is 14.1. The zero-order chi connectivity index (χ0) is 7.56. The molecule has 0 aliphatic heterocycles. The lowest BCUT2D eigenvalue weighted by molar-refractivity contribution is 0.780. The first-order chi connectivity index (χ1) is 4.70. The van der Waals surface area contributed by atoms with E-state index in [0.29, 0.717) is 0 Å². The van der Waals surface area contributed by atoms with Crippen molar-refractivity contribution in [1.82, 2.24) is 4.98 Å². The number of nitrogens with two attached hydrogens (primary N) is 1. The topological polar surface area (TPSA) is 38.9 Å². The van der Waals surface area contributed by atoms with E-state index in [4.69, 9.17) is 5.73 Å². The standard InChI is InChI=1S/C7H9IN2/c1-5(9)7-3-2-6(8)4-10-7/h2-5H,9H2,1H3. The van der Waals surface area contributed by atoms with Gasteiger partial charge >= 0.3 is 0 Å². The summed E-state index contributed by atoms with van der Waals surface area (Å²) in [5, 5.41) is 0. The SMILES string of the molecule is CC(N)c1ccc(I)cn1. The van der Waals surface area contributed by atoms with Crippen LogP contribution in [-0.4, -0.2) is 4.98 Å². The van der Waals surface area contributed by atoms with Gasteiger partial charge in [0.2, 0.25) is 0 Å². The molecule has 1 unspecified atom stereocenters. The summed E-state index contributed by atoms with van der Waals surface area (Å²) in [6.45, 7) is 1.93. The Balaban J connectivity index is 2.89. The van der Waals surface area contributed by atoms with E-state index < -0.39 is 0 Å². The van der Waals surface area contributed by atoms with Crippen LogP contribution < -0.4 is 5.73 Å². The van der Waals surface area contributed by atoms with Gasteiger partial charge in [0.05, 0.1) is 5.69 Å². The largest absolute Gasteiger partial charge is 0.323 e. The average Bonchev–Trinajstić information content (AvgIpc) is 1.88. The Labute approximate surface area is 74.0 Å². The fourth-order valence-electron chi connectivity index (χ4n) is 0.657. The molecule has 54 valence electrons. The lowest BCUT2D eigenvalue weighted by Gasteiger charge is -2.02. The van der Waals surface area contributed by atoms with E-state index in [0.717, 1.165) is 9.26 Å². The van der Waals surface area contributed by atoms with Gasteiger partial charge in [-0.2, -0.15) is 0 Å². The first-order valence-corrected chi connectivity index (χ1v) is 4.15. The van der Waals surface area contributed by atoms with E-state index in [2.05, 4.69) is 27.6 Å². The third-order valence-electron chi connectivity index (χ3n) is 1.22. The van der Waals surface area contributed by atoms with Gasteiger partial charge in [-0.3, -0.25) is 4.98 Å². The average molecular weight is 248 g/mol. The Bertz CT molecular complexity index is 205. The van der Waals surface area contributed by atoms with Crippen molar-refractivity contribution in [1.29, 1.82) is 0 Å². The molecule has 0 aliphatic rings. The molecule has 0 amide bonds. The van der Waals surface area contributed by atoms with Crippen LogP contribution in [0.25, 0.3) is 0 Å². The molecule has 1 heterocycles. The molecule has 1 aromatic heterocycles. The minimum absolute atomic E-state index is 0.0389. The molecule has 0 bridgehead atoms. The van der Waals surface area contributed by atoms with Crippen molar-refractivity contribution in [2.24, 2.45) is 5.73 Å². The number of nitrogens with zero attached hydrogens (tertiary/aromatic N) is 1. The summed E-state index contributed by atoms with van der Waals surface area (Å²) in [5.41, 5.74) is 6.54. The number of pyridine rings is 1. The smallest absolute Gasteiger partial charge is 0.0568 e. The minimum atomic E-state index is 0.0389. The van der Waals surface area contributed by atoms with Gasteiger partial charge in [0.1, 0.15) is 0 Å². The second-order valence-corrected chi connectivity index (χ2v) is 3.44. The quantitative estimate of drug-likeness (QED) is 0.768. The molecule has 0 spiro atoms. The van der Waals surface area contributed by atoms with E-state index in [9.17, 15) is 0 Å². The van der Waals surface area contributed by atoms with Gasteiger partial charge < -0.3 is 5.73 Å². The molecule has 1 atom stereocenters. The van der Waals surface area contributed by atoms with E-state index >= 15 is 0 Å². The maximum atomic E-state index is 5.60. The molecule has 0 saturated heterocycles. The van der Waals surface area contributed by atoms with Crippen LogP contribution in [0.3, 0.4) is 0 Å². The van der Waals surface area contributed by atoms with Gasteiger partial charge in [0.15, 0.2) is 0 Å². The third kappa shape index (κ3) is 1.91. The van der Waals surface area contributed by atoms with Crippen molar-refractivity contribution in [3.63, 3.8) is 0 Å². The monoisotopic (exact) mass is 248 g/mol. The lowest BCUT2D eigenvalue weighted by Crippen LogP contribution is -2.06. The molecular weight excluding hydrogens is 239 g/mol. The summed E-state index contributed by atoms with van der Waals surface area (Å²) < 4.78 is 1.14. The third-order valence-corrected chi connectivity index (χ3v) is 1.85. The number of halogens is 1. The van der Waals surface area contributed by atoms with Crippen LogP contribution >= 0.6 is 22.6 Å². The molecule has 0 aliphatic carbocycles. The summed E-state index contributed by atoms with van der Waals surface area (Å²) in [6, 6.07) is 4.00. The van der Waals surface area contributed by atoms with Crippen LogP contribution in [0.4, 0.5) is 0 Å². The van der Waals surface area contributed by atoms with Gasteiger partial charge in [-0.15, -0.1) is 0 Å². The first kappa shape index (κ1) is 7.94. The van der Waals surface area contributed by atoms with E-state index in [1.165, 1.54) is 0 Å². The predicted molar refractivity (Wildman–Crippen MR) is 49.6 cm³/mol. The van der Waals surface area contributed by atoms with Crippen LogP contribution in [-0.2, 0) is 0 Å². The van der Waals surface area contributed by atoms with Crippen molar-refractivity contribution in [3.8, 4) is 0 Å². The molecule has 10 heavy (non-hydrogen) atoms. The number of aromatic nitrogens is 1. The predicted octanol–water partition coefficient (Wildman–Crippen LogP) is 1.71. The molecule has 3 heteroatoms. The summed E-state index contributed by atoms with van der Waals surface area (Å²) in [4.78, 5) is 4.15. The normalized spacial score (nSPS) is 13.1. The highest BCUT2D eigenvalue weighted by Crippen LogP contribution is 2.07. The second kappa shape index (κ2) is 3.30. The summed E-state index contributed by atoms with van der Waals surface area (Å²) in [5.74, 6) is 0. The van der Waals surface area contributed by atoms with E-state index in [1.807, 2.05) is 25.3 Å². The van der Waals surface area contributed by atoms with Crippen LogP contribution in [0.1, 0.15) is 18.7 Å². The maximum absolute atomic E-state index is 5.60. The Morgan fingerprint density at radius 3 is 2.70 bits per heavy atom. The van der Waals surface area contributed by atoms with Gasteiger partial charge in [0.25, 0.3) is 0 Å². The molecule has 2 N–H and O–H groups in total. The van der Waals surface area contributed by atoms with E-state index in [-0.39, 0.29) is 6.04 Å². The zero-order valence-electron chi connectivity index (χ0n) is 5.71. The van der Waals surface area contributed by atoms with Gasteiger partial charge in [-0.05, 0) is 41.6 Å². The Morgan fingerprint density at radius 1 is 1.60 bits per heavy atom. The second-order valence-electron chi connectivity index (χ2n) is 2.19. The highest BCUT2D eigenvalue weighted by Gasteiger charge is 1.97. The summed E-state index contributed by atoms with van der Waals surface area (Å²) in [7, 11) is 0. The lowest BCUT2D eigenvalue weighted by atomic mass is 10.2. The number of rotatable bonds is 1. The Kier molecular flexibility index (Phi) is 2.62.